The first-order chi connectivity index (χ1) is 12.2. The van der Waals surface area contributed by atoms with Crippen LogP contribution < -0.4 is 0 Å². The van der Waals surface area contributed by atoms with Crippen LogP contribution in [-0.2, 0) is 0 Å². The maximum atomic E-state index is 12.4. The average Bonchev–Trinajstić information content (AvgIpc) is 3.38. The van der Waals surface area contributed by atoms with Crippen LogP contribution in [0, 0.1) is 0 Å². The zero-order valence-electron chi connectivity index (χ0n) is 12.8. The van der Waals surface area contributed by atoms with E-state index in [0.717, 1.165) is 14.5 Å². The molecule has 4 aromatic heterocycles. The van der Waals surface area contributed by atoms with E-state index in [1.165, 1.54) is 15.0 Å². The van der Waals surface area contributed by atoms with E-state index in [0.29, 0.717) is 16.0 Å². The summed E-state index contributed by atoms with van der Waals surface area (Å²) in [5, 5.41) is 2.90. The molecular weight excluding hydrogens is 448 g/mol. The van der Waals surface area contributed by atoms with Gasteiger partial charge in [0.25, 0.3) is 0 Å². The van der Waals surface area contributed by atoms with Gasteiger partial charge in [0.1, 0.15) is 0 Å². The average molecular weight is 458 g/mol. The van der Waals surface area contributed by atoms with E-state index in [9.17, 15) is 9.59 Å². The number of aromatic nitrogens is 2. The van der Waals surface area contributed by atoms with E-state index in [1.807, 2.05) is 18.3 Å². The monoisotopic (exact) mass is 460 g/mol. The molecule has 0 unspecified atom stereocenters. The van der Waals surface area contributed by atoms with Gasteiger partial charge in [-0.3, -0.25) is 0 Å². The summed E-state index contributed by atoms with van der Waals surface area (Å²) in [7, 11) is 0. The van der Waals surface area contributed by atoms with Gasteiger partial charge in [-0.2, -0.15) is 0 Å². The van der Waals surface area contributed by atoms with Crippen molar-refractivity contribution < 1.29 is 9.59 Å². The van der Waals surface area contributed by atoms with Gasteiger partial charge in [0.05, 0.1) is 0 Å². The first-order valence-corrected chi connectivity index (χ1v) is 10.8. The Morgan fingerprint density at radius 1 is 1.08 bits per heavy atom. The number of Topliss-reactive ketones (excluding diaryl/α,β-unsaturated/α-hetero) is 2. The van der Waals surface area contributed by atoms with Gasteiger partial charge in [-0.1, -0.05) is 0 Å². The topological polar surface area (TPSA) is 52.0 Å². The third-order valence-corrected chi connectivity index (χ3v) is 8.09. The number of carbonyl (C=O) groups excluding carboxylic acids is 2. The number of fused-ring (bicyclic) bond motifs is 2. The first kappa shape index (κ1) is 15.0. The van der Waals surface area contributed by atoms with Crippen LogP contribution in [0.15, 0.2) is 59.9 Å². The Morgan fingerprint density at radius 3 is 2.88 bits per heavy atom. The van der Waals surface area contributed by atoms with Crippen LogP contribution in [0.1, 0.15) is 23.6 Å². The van der Waals surface area contributed by atoms with Crippen LogP contribution in [0.5, 0.6) is 0 Å². The normalized spacial score (nSPS) is 15.4. The standard InChI is InChI=1S/C19H10N2O2STe/c22-17-13-5-8-24-19(13)18(23)14(17)9-12-1-2-16(25-12)21-7-4-11-10-20-6-3-15(11)21/h1-10H/b14-9+. The summed E-state index contributed by atoms with van der Waals surface area (Å²) in [6.07, 6.45) is 7.50. The van der Waals surface area contributed by atoms with Gasteiger partial charge in [0.15, 0.2) is 0 Å². The molecule has 0 aliphatic heterocycles. The van der Waals surface area contributed by atoms with Crippen molar-refractivity contribution in [2.75, 3.05) is 0 Å². The predicted molar refractivity (Wildman–Crippen MR) is 99.0 cm³/mol. The number of hydrogen-bond acceptors (Lipinski definition) is 4. The second kappa shape index (κ2) is 5.63. The van der Waals surface area contributed by atoms with Gasteiger partial charge in [-0.05, 0) is 0 Å². The molecule has 0 fully saturated rings. The Labute approximate surface area is 156 Å². The van der Waals surface area contributed by atoms with Crippen molar-refractivity contribution >= 4 is 60.3 Å². The van der Waals surface area contributed by atoms with Crippen LogP contribution in [0.25, 0.3) is 20.7 Å². The van der Waals surface area contributed by atoms with E-state index < -0.39 is 20.4 Å². The molecular formula is C19H10N2O2STe. The molecule has 25 heavy (non-hydrogen) atoms. The number of carbonyl (C=O) groups is 2. The van der Waals surface area contributed by atoms with E-state index >= 15 is 0 Å². The van der Waals surface area contributed by atoms with Gasteiger partial charge in [-0.25, -0.2) is 0 Å². The summed E-state index contributed by atoms with van der Waals surface area (Å²) >= 11 is 0.688. The molecule has 0 atom stereocenters. The first-order valence-electron chi connectivity index (χ1n) is 7.62. The van der Waals surface area contributed by atoms with Gasteiger partial charge in [0, 0.05) is 0 Å². The fourth-order valence-corrected chi connectivity index (χ4v) is 6.58. The Kier molecular flexibility index (Phi) is 3.39. The molecule has 0 bridgehead atoms. The van der Waals surface area contributed by atoms with E-state index in [1.54, 1.807) is 23.7 Å². The molecule has 4 heterocycles. The molecule has 6 heteroatoms. The summed E-state index contributed by atoms with van der Waals surface area (Å²) in [5.41, 5.74) is 2.00. The third-order valence-electron chi connectivity index (χ3n) is 4.23. The zero-order valence-corrected chi connectivity index (χ0v) is 15.9. The fraction of sp³-hybridized carbons (Fsp3) is 0. The Bertz CT molecular complexity index is 1160. The second-order valence-corrected chi connectivity index (χ2v) is 9.71. The zero-order chi connectivity index (χ0) is 17.0. The Morgan fingerprint density at radius 2 is 2.00 bits per heavy atom. The van der Waals surface area contributed by atoms with Crippen LogP contribution in [0.2, 0.25) is 0 Å². The Balaban J connectivity index is 1.55. The van der Waals surface area contributed by atoms with E-state index in [4.69, 9.17) is 0 Å². The number of thiophene rings is 1. The molecule has 0 aromatic carbocycles. The van der Waals surface area contributed by atoms with Crippen molar-refractivity contribution in [3.8, 4) is 3.70 Å². The second-order valence-electron chi connectivity index (χ2n) is 5.68. The van der Waals surface area contributed by atoms with E-state index in [2.05, 4.69) is 27.9 Å². The third kappa shape index (κ3) is 2.30. The van der Waals surface area contributed by atoms with Crippen LogP contribution in [0.3, 0.4) is 0 Å². The minimum atomic E-state index is -0.655. The van der Waals surface area contributed by atoms with E-state index in [-0.39, 0.29) is 11.6 Å². The van der Waals surface area contributed by atoms with Gasteiger partial charge in [0.2, 0.25) is 0 Å². The number of hydrogen-bond donors (Lipinski definition) is 0. The molecule has 4 aromatic rings. The number of allylic oxidation sites excluding steroid dienone is 1. The van der Waals surface area contributed by atoms with Gasteiger partial charge >= 0.3 is 157 Å². The van der Waals surface area contributed by atoms with Crippen LogP contribution in [-0.4, -0.2) is 41.5 Å². The van der Waals surface area contributed by atoms with Crippen molar-refractivity contribution in [2.24, 2.45) is 0 Å². The molecule has 0 saturated heterocycles. The van der Waals surface area contributed by atoms with Crippen molar-refractivity contribution in [2.45, 2.75) is 0 Å². The molecule has 0 saturated carbocycles. The van der Waals surface area contributed by atoms with Crippen LogP contribution in [0.4, 0.5) is 0 Å². The molecule has 1 aliphatic carbocycles. The molecule has 0 spiro atoms. The summed E-state index contributed by atoms with van der Waals surface area (Å²) in [6.45, 7) is 0. The molecule has 1 aliphatic rings. The quantitative estimate of drug-likeness (QED) is 0.262. The molecule has 0 radical (unpaired) electrons. The summed E-state index contributed by atoms with van der Waals surface area (Å²) in [6, 6.07) is 9.92. The molecule has 0 amide bonds. The number of rotatable bonds is 2. The van der Waals surface area contributed by atoms with Gasteiger partial charge in [-0.15, -0.1) is 0 Å². The molecule has 4 nitrogen and oxygen atoms in total. The van der Waals surface area contributed by atoms with Crippen molar-refractivity contribution in [3.05, 3.63) is 73.9 Å². The molecule has 120 valence electrons. The maximum absolute atomic E-state index is 12.4. The molecule has 5 rings (SSSR count). The number of nitrogens with zero attached hydrogens (tertiary/aromatic N) is 2. The van der Waals surface area contributed by atoms with Crippen molar-refractivity contribution in [1.82, 2.24) is 9.55 Å². The summed E-state index contributed by atoms with van der Waals surface area (Å²) in [5.74, 6) is -0.269. The van der Waals surface area contributed by atoms with Crippen molar-refractivity contribution in [1.29, 1.82) is 0 Å². The molecule has 0 N–H and O–H groups in total. The number of ketones is 2. The van der Waals surface area contributed by atoms with Crippen LogP contribution >= 0.6 is 11.3 Å². The SMILES string of the molecule is O=C1/C(=C\c2ccc(-n3ccc4cnccc43)[te]2)C(=O)c2sccc21. The van der Waals surface area contributed by atoms with Gasteiger partial charge < -0.3 is 0 Å². The number of pyridine rings is 1. The minimum absolute atomic E-state index is 0.130. The summed E-state index contributed by atoms with van der Waals surface area (Å²) in [4.78, 5) is 29.6. The Hall–Kier alpha value is -2.26. The predicted octanol–water partition coefficient (Wildman–Crippen LogP) is 3.61. The van der Waals surface area contributed by atoms with Crippen molar-refractivity contribution in [3.63, 3.8) is 0 Å². The fourth-order valence-electron chi connectivity index (χ4n) is 3.03. The summed E-state index contributed by atoms with van der Waals surface area (Å²) < 4.78 is 4.52.